The predicted octanol–water partition coefficient (Wildman–Crippen LogP) is 5.94. The van der Waals surface area contributed by atoms with Crippen LogP contribution in [0.1, 0.15) is 16.1 Å². The minimum atomic E-state index is -4.44. The highest BCUT2D eigenvalue weighted by molar-refractivity contribution is 7.98. The first-order valence-electron chi connectivity index (χ1n) is 7.60. The molecule has 3 aromatic rings. The zero-order valence-corrected chi connectivity index (χ0v) is 14.4. The van der Waals surface area contributed by atoms with Gasteiger partial charge in [0.2, 0.25) is 0 Å². The largest absolute Gasteiger partial charge is 0.451 e. The van der Waals surface area contributed by atoms with Gasteiger partial charge in [-0.3, -0.25) is 4.79 Å². The number of anilines is 1. The van der Waals surface area contributed by atoms with Crippen molar-refractivity contribution >= 4 is 23.4 Å². The van der Waals surface area contributed by atoms with Crippen molar-refractivity contribution in [3.8, 4) is 11.3 Å². The van der Waals surface area contributed by atoms with Crippen LogP contribution in [0.15, 0.2) is 70.0 Å². The van der Waals surface area contributed by atoms with Crippen molar-refractivity contribution in [2.45, 2.75) is 11.1 Å². The van der Waals surface area contributed by atoms with E-state index < -0.39 is 17.6 Å². The fourth-order valence-electron chi connectivity index (χ4n) is 2.36. The van der Waals surface area contributed by atoms with Gasteiger partial charge in [0.25, 0.3) is 5.91 Å². The summed E-state index contributed by atoms with van der Waals surface area (Å²) >= 11 is 1.54. The van der Waals surface area contributed by atoms with Crippen molar-refractivity contribution in [2.24, 2.45) is 0 Å². The summed E-state index contributed by atoms with van der Waals surface area (Å²) in [6.45, 7) is 0. The number of hydrogen-bond acceptors (Lipinski definition) is 3. The van der Waals surface area contributed by atoms with Crippen molar-refractivity contribution in [1.82, 2.24) is 0 Å². The van der Waals surface area contributed by atoms with Crippen LogP contribution in [0.2, 0.25) is 0 Å². The summed E-state index contributed by atoms with van der Waals surface area (Å²) in [4.78, 5) is 13.3. The Morgan fingerprint density at radius 1 is 1.04 bits per heavy atom. The minimum absolute atomic E-state index is 0.0203. The van der Waals surface area contributed by atoms with Gasteiger partial charge >= 0.3 is 6.18 Å². The molecule has 1 amide bonds. The maximum Gasteiger partial charge on any atom is 0.416 e. The summed E-state index contributed by atoms with van der Waals surface area (Å²) in [5.41, 5.74) is 0.0911. The lowest BCUT2D eigenvalue weighted by atomic mass is 10.1. The highest BCUT2D eigenvalue weighted by Crippen LogP contribution is 2.32. The summed E-state index contributed by atoms with van der Waals surface area (Å²) in [6, 6.07) is 15.0. The molecule has 0 unspecified atom stereocenters. The van der Waals surface area contributed by atoms with E-state index in [0.717, 1.165) is 17.0 Å². The molecular formula is C19H14F3NO2S. The highest BCUT2D eigenvalue weighted by Gasteiger charge is 2.30. The second kappa shape index (κ2) is 7.29. The minimum Gasteiger partial charge on any atom is -0.451 e. The van der Waals surface area contributed by atoms with Crippen LogP contribution < -0.4 is 5.32 Å². The van der Waals surface area contributed by atoms with Crippen molar-refractivity contribution in [3.63, 3.8) is 0 Å². The first-order chi connectivity index (χ1) is 12.4. The van der Waals surface area contributed by atoms with Gasteiger partial charge in [-0.1, -0.05) is 18.2 Å². The van der Waals surface area contributed by atoms with E-state index in [1.807, 2.05) is 24.5 Å². The fourth-order valence-corrected chi connectivity index (χ4v) is 2.82. The zero-order chi connectivity index (χ0) is 18.7. The molecular weight excluding hydrogens is 363 g/mol. The summed E-state index contributed by atoms with van der Waals surface area (Å²) in [7, 11) is 0. The fraction of sp³-hybridized carbons (Fsp3) is 0.105. The SMILES string of the molecule is CSc1cccc(NC(=O)c2ccc(-c3cccc(C(F)(F)F)c3)o2)c1. The van der Waals surface area contributed by atoms with E-state index in [0.29, 0.717) is 5.69 Å². The number of nitrogens with one attached hydrogen (secondary N) is 1. The molecule has 3 nitrogen and oxygen atoms in total. The number of carbonyl (C=O) groups is 1. The smallest absolute Gasteiger partial charge is 0.416 e. The quantitative estimate of drug-likeness (QED) is 0.572. The molecule has 0 spiro atoms. The van der Waals surface area contributed by atoms with Gasteiger partial charge in [-0.05, 0) is 48.7 Å². The van der Waals surface area contributed by atoms with Gasteiger partial charge in [-0.2, -0.15) is 13.2 Å². The van der Waals surface area contributed by atoms with Crippen LogP contribution in [0.5, 0.6) is 0 Å². The zero-order valence-electron chi connectivity index (χ0n) is 13.6. The van der Waals surface area contributed by atoms with Crippen molar-refractivity contribution in [1.29, 1.82) is 0 Å². The molecule has 0 bridgehead atoms. The Bertz CT molecular complexity index is 934. The van der Waals surface area contributed by atoms with Crippen LogP contribution in [0.25, 0.3) is 11.3 Å². The van der Waals surface area contributed by atoms with E-state index >= 15 is 0 Å². The van der Waals surface area contributed by atoms with Crippen molar-refractivity contribution in [2.75, 3.05) is 11.6 Å². The van der Waals surface area contributed by atoms with Gasteiger partial charge in [0.15, 0.2) is 5.76 Å². The molecule has 1 aromatic heterocycles. The number of rotatable bonds is 4. The third-order valence-electron chi connectivity index (χ3n) is 3.63. The molecule has 0 fully saturated rings. The molecule has 2 aromatic carbocycles. The number of furan rings is 1. The van der Waals surface area contributed by atoms with E-state index in [1.165, 1.54) is 24.3 Å². The van der Waals surface area contributed by atoms with Gasteiger partial charge in [-0.25, -0.2) is 0 Å². The molecule has 0 radical (unpaired) electrons. The molecule has 7 heteroatoms. The van der Waals surface area contributed by atoms with Crippen molar-refractivity contribution < 1.29 is 22.4 Å². The molecule has 0 aliphatic carbocycles. The van der Waals surface area contributed by atoms with Crippen LogP contribution in [0, 0.1) is 0 Å². The summed E-state index contributed by atoms with van der Waals surface area (Å²) < 4.78 is 43.9. The molecule has 0 atom stereocenters. The van der Waals surface area contributed by atoms with Gasteiger partial charge in [0.1, 0.15) is 5.76 Å². The maximum atomic E-state index is 12.8. The number of halogens is 3. The van der Waals surface area contributed by atoms with Crippen molar-refractivity contribution in [3.05, 3.63) is 72.0 Å². The number of thioether (sulfide) groups is 1. The molecule has 0 saturated heterocycles. The first kappa shape index (κ1) is 18.1. The molecule has 0 saturated carbocycles. The molecule has 3 rings (SSSR count). The van der Waals surface area contributed by atoms with Crippen LogP contribution >= 0.6 is 11.8 Å². The Labute approximate surface area is 152 Å². The predicted molar refractivity (Wildman–Crippen MR) is 95.3 cm³/mol. The van der Waals surface area contributed by atoms with E-state index in [4.69, 9.17) is 4.42 Å². The topological polar surface area (TPSA) is 42.2 Å². The standard InChI is InChI=1S/C19H14F3NO2S/c1-26-15-7-3-6-14(11-15)23-18(24)17-9-8-16(25-17)12-4-2-5-13(10-12)19(20,21)22/h2-11H,1H3,(H,23,24). The lowest BCUT2D eigenvalue weighted by molar-refractivity contribution is -0.137. The summed E-state index contributed by atoms with van der Waals surface area (Å²) in [6.07, 6.45) is -2.51. The molecule has 1 heterocycles. The van der Waals surface area contributed by atoms with Crippen LogP contribution in [0.4, 0.5) is 18.9 Å². The average Bonchev–Trinajstić information content (AvgIpc) is 3.11. The van der Waals surface area contributed by atoms with E-state index in [1.54, 1.807) is 17.8 Å². The third kappa shape index (κ3) is 4.11. The highest BCUT2D eigenvalue weighted by atomic mass is 32.2. The van der Waals surface area contributed by atoms with Crippen LogP contribution in [0.3, 0.4) is 0 Å². The Morgan fingerprint density at radius 3 is 2.54 bits per heavy atom. The summed E-state index contributed by atoms with van der Waals surface area (Å²) in [5.74, 6) is -0.257. The Balaban J connectivity index is 1.80. The molecule has 1 N–H and O–H groups in total. The molecule has 0 aliphatic heterocycles. The van der Waals surface area contributed by atoms with E-state index in [9.17, 15) is 18.0 Å². The second-order valence-electron chi connectivity index (χ2n) is 5.43. The second-order valence-corrected chi connectivity index (χ2v) is 6.31. The Hall–Kier alpha value is -2.67. The monoisotopic (exact) mass is 377 g/mol. The molecule has 26 heavy (non-hydrogen) atoms. The van der Waals surface area contributed by atoms with E-state index in [-0.39, 0.29) is 17.1 Å². The van der Waals surface area contributed by atoms with Gasteiger partial charge in [0.05, 0.1) is 5.56 Å². The number of benzene rings is 2. The Kier molecular flexibility index (Phi) is 5.08. The van der Waals surface area contributed by atoms with Gasteiger partial charge in [-0.15, -0.1) is 11.8 Å². The van der Waals surface area contributed by atoms with Gasteiger partial charge < -0.3 is 9.73 Å². The first-order valence-corrected chi connectivity index (χ1v) is 8.82. The summed E-state index contributed by atoms with van der Waals surface area (Å²) in [5, 5.41) is 2.71. The number of carbonyl (C=O) groups excluding carboxylic acids is 1. The lowest BCUT2D eigenvalue weighted by Crippen LogP contribution is -2.10. The normalized spacial score (nSPS) is 11.4. The van der Waals surface area contributed by atoms with Gasteiger partial charge in [0, 0.05) is 16.1 Å². The maximum absolute atomic E-state index is 12.8. The van der Waals surface area contributed by atoms with E-state index in [2.05, 4.69) is 5.32 Å². The molecule has 134 valence electrons. The lowest BCUT2D eigenvalue weighted by Gasteiger charge is -2.07. The van der Waals surface area contributed by atoms with Crippen LogP contribution in [-0.4, -0.2) is 12.2 Å². The number of alkyl halides is 3. The Morgan fingerprint density at radius 2 is 1.81 bits per heavy atom. The third-order valence-corrected chi connectivity index (χ3v) is 4.36. The van der Waals surface area contributed by atoms with Crippen LogP contribution in [-0.2, 0) is 6.18 Å². The number of amides is 1. The number of hydrogen-bond donors (Lipinski definition) is 1. The average molecular weight is 377 g/mol. The molecule has 0 aliphatic rings.